The van der Waals surface area contributed by atoms with Crippen molar-refractivity contribution in [3.8, 4) is 0 Å². The Balaban J connectivity index is 2.26. The number of carbonyl (C=O) groups is 2. The Kier molecular flexibility index (Phi) is 7.59. The molecule has 1 aliphatic rings. The maximum absolute atomic E-state index is 12.1. The third-order valence-electron chi connectivity index (χ3n) is 4.14. The Hall–Kier alpha value is -1.10. The molecule has 3 N–H and O–H groups in total. The molecule has 2 amide bonds. The van der Waals surface area contributed by atoms with Gasteiger partial charge in [0.1, 0.15) is 0 Å². The SMILES string of the molecule is CCCNC(=O)CN(C)C(=O)CC1CCC(CN)CC1. The monoisotopic (exact) mass is 283 g/mol. The number of rotatable bonds is 7. The average molecular weight is 283 g/mol. The van der Waals surface area contributed by atoms with Crippen molar-refractivity contribution in [3.63, 3.8) is 0 Å². The number of nitrogens with one attached hydrogen (secondary N) is 1. The summed E-state index contributed by atoms with van der Waals surface area (Å²) in [7, 11) is 1.71. The van der Waals surface area contributed by atoms with Crippen LogP contribution in [0.1, 0.15) is 45.4 Å². The highest BCUT2D eigenvalue weighted by Gasteiger charge is 2.23. The van der Waals surface area contributed by atoms with Gasteiger partial charge in [-0.05, 0) is 50.5 Å². The largest absolute Gasteiger partial charge is 0.355 e. The second-order valence-electron chi connectivity index (χ2n) is 5.93. The minimum atomic E-state index is -0.0745. The highest BCUT2D eigenvalue weighted by Crippen LogP contribution is 2.30. The molecular weight excluding hydrogens is 254 g/mol. The van der Waals surface area contributed by atoms with E-state index in [1.54, 1.807) is 11.9 Å². The molecule has 0 bridgehead atoms. The summed E-state index contributed by atoms with van der Waals surface area (Å²) in [6.07, 6.45) is 5.92. The van der Waals surface area contributed by atoms with Gasteiger partial charge < -0.3 is 16.0 Å². The first-order valence-electron chi connectivity index (χ1n) is 7.77. The normalized spacial score (nSPS) is 22.4. The van der Waals surface area contributed by atoms with Crippen LogP contribution in [0.15, 0.2) is 0 Å². The Morgan fingerprint density at radius 1 is 1.20 bits per heavy atom. The van der Waals surface area contributed by atoms with Gasteiger partial charge in [-0.3, -0.25) is 9.59 Å². The summed E-state index contributed by atoms with van der Waals surface area (Å²) in [5, 5.41) is 2.79. The molecule has 1 saturated carbocycles. The summed E-state index contributed by atoms with van der Waals surface area (Å²) >= 11 is 0. The van der Waals surface area contributed by atoms with Crippen LogP contribution in [0.5, 0.6) is 0 Å². The predicted octanol–water partition coefficient (Wildman–Crippen LogP) is 1.13. The van der Waals surface area contributed by atoms with E-state index < -0.39 is 0 Å². The van der Waals surface area contributed by atoms with E-state index in [2.05, 4.69) is 5.32 Å². The van der Waals surface area contributed by atoms with Crippen LogP contribution in [-0.2, 0) is 9.59 Å². The van der Waals surface area contributed by atoms with Crippen molar-refractivity contribution >= 4 is 11.8 Å². The lowest BCUT2D eigenvalue weighted by Gasteiger charge is -2.28. The van der Waals surface area contributed by atoms with Crippen LogP contribution in [-0.4, -0.2) is 43.4 Å². The van der Waals surface area contributed by atoms with E-state index in [0.717, 1.165) is 38.6 Å². The van der Waals surface area contributed by atoms with Crippen molar-refractivity contribution in [2.45, 2.75) is 45.4 Å². The predicted molar refractivity (Wildman–Crippen MR) is 80.1 cm³/mol. The van der Waals surface area contributed by atoms with Gasteiger partial charge in [-0.2, -0.15) is 0 Å². The van der Waals surface area contributed by atoms with Crippen molar-refractivity contribution in [2.24, 2.45) is 17.6 Å². The summed E-state index contributed by atoms with van der Waals surface area (Å²) in [4.78, 5) is 25.2. The molecule has 0 spiro atoms. The molecule has 5 heteroatoms. The lowest BCUT2D eigenvalue weighted by molar-refractivity contribution is -0.135. The molecule has 0 heterocycles. The van der Waals surface area contributed by atoms with Crippen LogP contribution in [0.4, 0.5) is 0 Å². The lowest BCUT2D eigenvalue weighted by atomic mass is 9.80. The Morgan fingerprint density at radius 3 is 2.35 bits per heavy atom. The van der Waals surface area contributed by atoms with E-state index >= 15 is 0 Å². The molecule has 20 heavy (non-hydrogen) atoms. The number of hydrogen-bond donors (Lipinski definition) is 2. The van der Waals surface area contributed by atoms with Crippen LogP contribution < -0.4 is 11.1 Å². The molecule has 0 aliphatic heterocycles. The molecule has 0 radical (unpaired) electrons. The van der Waals surface area contributed by atoms with Crippen LogP contribution in [0.25, 0.3) is 0 Å². The molecule has 0 atom stereocenters. The first kappa shape index (κ1) is 17.0. The van der Waals surface area contributed by atoms with Gasteiger partial charge in [0.25, 0.3) is 0 Å². The Morgan fingerprint density at radius 2 is 1.80 bits per heavy atom. The zero-order valence-corrected chi connectivity index (χ0v) is 12.9. The Bertz CT molecular complexity index is 312. The van der Waals surface area contributed by atoms with Gasteiger partial charge in [-0.15, -0.1) is 0 Å². The van der Waals surface area contributed by atoms with Gasteiger partial charge in [-0.25, -0.2) is 0 Å². The molecule has 0 aromatic heterocycles. The van der Waals surface area contributed by atoms with Gasteiger partial charge in [0, 0.05) is 20.0 Å². The smallest absolute Gasteiger partial charge is 0.239 e. The molecule has 0 aromatic carbocycles. The third-order valence-corrected chi connectivity index (χ3v) is 4.14. The molecule has 0 unspecified atom stereocenters. The molecule has 5 nitrogen and oxygen atoms in total. The fourth-order valence-corrected chi connectivity index (χ4v) is 2.70. The standard InChI is InChI=1S/C15H29N3O2/c1-3-8-17-14(19)11-18(2)15(20)9-12-4-6-13(10-16)7-5-12/h12-13H,3-11,16H2,1-2H3,(H,17,19). The number of nitrogens with two attached hydrogens (primary N) is 1. The fraction of sp³-hybridized carbons (Fsp3) is 0.867. The van der Waals surface area contributed by atoms with Gasteiger partial charge in [0.2, 0.25) is 11.8 Å². The summed E-state index contributed by atoms with van der Waals surface area (Å²) < 4.78 is 0. The highest BCUT2D eigenvalue weighted by atomic mass is 16.2. The van der Waals surface area contributed by atoms with Crippen LogP contribution in [0.3, 0.4) is 0 Å². The summed E-state index contributed by atoms with van der Waals surface area (Å²) in [6, 6.07) is 0. The van der Waals surface area contributed by atoms with Gasteiger partial charge in [0.05, 0.1) is 6.54 Å². The van der Waals surface area contributed by atoms with Crippen LogP contribution >= 0.6 is 0 Å². The number of nitrogens with zero attached hydrogens (tertiary/aromatic N) is 1. The maximum Gasteiger partial charge on any atom is 0.239 e. The zero-order chi connectivity index (χ0) is 15.0. The minimum absolute atomic E-state index is 0.0745. The quantitative estimate of drug-likeness (QED) is 0.735. The first-order chi connectivity index (χ1) is 9.56. The third kappa shape index (κ3) is 5.90. The average Bonchev–Trinajstić information content (AvgIpc) is 2.45. The van der Waals surface area contributed by atoms with E-state index in [-0.39, 0.29) is 18.4 Å². The summed E-state index contributed by atoms with van der Waals surface area (Å²) in [6.45, 7) is 3.60. The fourth-order valence-electron chi connectivity index (χ4n) is 2.70. The molecule has 1 fully saturated rings. The van der Waals surface area contributed by atoms with Crippen molar-refractivity contribution in [1.29, 1.82) is 0 Å². The first-order valence-corrected chi connectivity index (χ1v) is 7.77. The molecule has 1 aliphatic carbocycles. The van der Waals surface area contributed by atoms with E-state index in [1.165, 1.54) is 0 Å². The van der Waals surface area contributed by atoms with Crippen molar-refractivity contribution < 1.29 is 9.59 Å². The van der Waals surface area contributed by atoms with Crippen LogP contribution in [0, 0.1) is 11.8 Å². The summed E-state index contributed by atoms with van der Waals surface area (Å²) in [5.41, 5.74) is 5.67. The van der Waals surface area contributed by atoms with E-state index in [4.69, 9.17) is 5.73 Å². The molecule has 1 rings (SSSR count). The second kappa shape index (κ2) is 8.95. The lowest BCUT2D eigenvalue weighted by Crippen LogP contribution is -2.39. The maximum atomic E-state index is 12.1. The number of amides is 2. The Labute approximate surface area is 122 Å². The van der Waals surface area contributed by atoms with E-state index in [1.807, 2.05) is 6.92 Å². The van der Waals surface area contributed by atoms with Gasteiger partial charge >= 0.3 is 0 Å². The highest BCUT2D eigenvalue weighted by molar-refractivity contribution is 5.84. The number of hydrogen-bond acceptors (Lipinski definition) is 3. The zero-order valence-electron chi connectivity index (χ0n) is 12.9. The number of carbonyl (C=O) groups excluding carboxylic acids is 2. The molecule has 0 saturated heterocycles. The topological polar surface area (TPSA) is 75.4 Å². The van der Waals surface area contributed by atoms with Gasteiger partial charge in [0.15, 0.2) is 0 Å². The second-order valence-corrected chi connectivity index (χ2v) is 5.93. The molecule has 0 aromatic rings. The van der Waals surface area contributed by atoms with E-state index in [9.17, 15) is 9.59 Å². The van der Waals surface area contributed by atoms with Crippen molar-refractivity contribution in [1.82, 2.24) is 10.2 Å². The van der Waals surface area contributed by atoms with Crippen molar-refractivity contribution in [3.05, 3.63) is 0 Å². The van der Waals surface area contributed by atoms with Gasteiger partial charge in [-0.1, -0.05) is 6.92 Å². The minimum Gasteiger partial charge on any atom is -0.355 e. The van der Waals surface area contributed by atoms with Crippen LogP contribution in [0.2, 0.25) is 0 Å². The van der Waals surface area contributed by atoms with Crippen molar-refractivity contribution in [2.75, 3.05) is 26.7 Å². The molecule has 116 valence electrons. The van der Waals surface area contributed by atoms with E-state index in [0.29, 0.717) is 24.8 Å². The number of likely N-dealkylation sites (N-methyl/N-ethyl adjacent to an activating group) is 1. The molecular formula is C15H29N3O2. The summed E-state index contributed by atoms with van der Waals surface area (Å²) in [5.74, 6) is 1.10.